The predicted octanol–water partition coefficient (Wildman–Crippen LogP) is 4.67. The van der Waals surface area contributed by atoms with Gasteiger partial charge in [-0.25, -0.2) is 9.53 Å². The zero-order valence-corrected chi connectivity index (χ0v) is 23.9. The molecule has 0 bridgehead atoms. The quantitative estimate of drug-likeness (QED) is 0.379. The van der Waals surface area contributed by atoms with Crippen LogP contribution in [0.2, 0.25) is 5.02 Å². The Morgan fingerprint density at radius 1 is 1.12 bits per heavy atom. The van der Waals surface area contributed by atoms with E-state index in [9.17, 15) is 22.4 Å². The summed E-state index contributed by atoms with van der Waals surface area (Å²) in [5.41, 5.74) is 2.26. The second-order valence-corrected chi connectivity index (χ2v) is 12.3. The minimum atomic E-state index is -3.81. The topological polar surface area (TPSA) is 131 Å². The molecule has 1 fully saturated rings. The maximum absolute atomic E-state index is 13.9. The van der Waals surface area contributed by atoms with Gasteiger partial charge in [0.05, 0.1) is 23.4 Å². The third-order valence-corrected chi connectivity index (χ3v) is 8.85. The lowest BCUT2D eigenvalue weighted by Gasteiger charge is -2.28. The van der Waals surface area contributed by atoms with Crippen LogP contribution < -0.4 is 24.8 Å². The summed E-state index contributed by atoms with van der Waals surface area (Å²) in [7, 11) is -2.38. The lowest BCUT2D eigenvalue weighted by atomic mass is 9.77. The predicted molar refractivity (Wildman–Crippen MR) is 155 cm³/mol. The Hall–Kier alpha value is -3.51. The smallest absolute Gasteiger partial charge is 0.274 e. The normalized spacial score (nSPS) is 20.4. The number of nitrogens with zero attached hydrogens (tertiary/aromatic N) is 1. The van der Waals surface area contributed by atoms with Gasteiger partial charge in [-0.05, 0) is 85.5 Å². The average Bonchev–Trinajstić information content (AvgIpc) is 3.22. The number of methoxy groups -OCH3 is 1. The first kappa shape index (κ1) is 29.0. The summed E-state index contributed by atoms with van der Waals surface area (Å²) >= 11 is 6.07. The summed E-state index contributed by atoms with van der Waals surface area (Å²) in [6.45, 7) is 0.441. The van der Waals surface area contributed by atoms with Crippen LogP contribution in [0, 0.1) is 11.2 Å². The number of hydrogen-bond acceptors (Lipinski definition) is 5. The van der Waals surface area contributed by atoms with E-state index in [1.165, 1.54) is 13.2 Å². The van der Waals surface area contributed by atoms with Gasteiger partial charge in [-0.1, -0.05) is 29.8 Å². The molecule has 2 amide bonds. The van der Waals surface area contributed by atoms with E-state index < -0.39 is 21.9 Å². The first-order chi connectivity index (χ1) is 19.5. The van der Waals surface area contributed by atoms with E-state index in [1.54, 1.807) is 23.1 Å². The zero-order valence-electron chi connectivity index (χ0n) is 22.3. The van der Waals surface area contributed by atoms with Crippen molar-refractivity contribution in [2.24, 2.45) is 10.6 Å². The van der Waals surface area contributed by atoms with Crippen LogP contribution in [-0.4, -0.2) is 39.9 Å². The van der Waals surface area contributed by atoms with E-state index in [1.807, 2.05) is 24.3 Å². The lowest BCUT2D eigenvalue weighted by molar-refractivity contribution is 0.0983. The van der Waals surface area contributed by atoms with E-state index in [4.69, 9.17) is 21.5 Å². The highest BCUT2D eigenvalue weighted by atomic mass is 35.5. The molecule has 0 aromatic heterocycles. The van der Waals surface area contributed by atoms with E-state index in [0.29, 0.717) is 43.5 Å². The van der Waals surface area contributed by atoms with Gasteiger partial charge in [0.2, 0.25) is 0 Å². The highest BCUT2D eigenvalue weighted by Gasteiger charge is 2.43. The molecule has 0 saturated heterocycles. The van der Waals surface area contributed by atoms with Crippen molar-refractivity contribution in [1.29, 1.82) is 0 Å². The molecule has 2 atom stereocenters. The van der Waals surface area contributed by atoms with E-state index in [-0.39, 0.29) is 33.7 Å². The Morgan fingerprint density at radius 3 is 2.66 bits per heavy atom. The van der Waals surface area contributed by atoms with E-state index >= 15 is 0 Å². The highest BCUT2D eigenvalue weighted by molar-refractivity contribution is 7.87. The van der Waals surface area contributed by atoms with Crippen molar-refractivity contribution in [3.8, 4) is 5.75 Å². The number of amides is 2. The number of nitrogens with two attached hydrogens (primary N) is 1. The van der Waals surface area contributed by atoms with Gasteiger partial charge in [-0.2, -0.15) is 13.1 Å². The molecule has 1 unspecified atom stereocenters. The number of carbonyl (C=O) groups excluding carboxylic acids is 2. The number of halogens is 2. The van der Waals surface area contributed by atoms with Crippen molar-refractivity contribution < 1.29 is 27.1 Å². The van der Waals surface area contributed by atoms with Crippen molar-refractivity contribution >= 4 is 45.0 Å². The van der Waals surface area contributed by atoms with Crippen LogP contribution in [-0.2, 0) is 16.6 Å². The second kappa shape index (κ2) is 11.4. The van der Waals surface area contributed by atoms with Gasteiger partial charge in [-0.3, -0.25) is 9.59 Å². The molecular weight excluding hydrogens is 571 g/mol. The van der Waals surface area contributed by atoms with Gasteiger partial charge < -0.3 is 15.0 Å². The van der Waals surface area contributed by atoms with Gasteiger partial charge in [0.25, 0.3) is 22.0 Å². The van der Waals surface area contributed by atoms with Crippen LogP contribution in [0.3, 0.4) is 0 Å². The Bertz CT molecular complexity index is 1620. The summed E-state index contributed by atoms with van der Waals surface area (Å²) < 4.78 is 44.9. The standard InChI is InChI=1S/C29H30ClFN4O5S/c1-40-26-14-18(6-9-24(26)33-27(36)22-15-20(31)7-8-23(22)30)28(37)35-13-12-29(16-19-4-2-3-5-25(19)35)11-10-21(17-29)34-41(32,38)39/h2-9,14-15,21,34H,10-13,16-17H2,1H3,(H,33,36)(H2,32,38,39)/t21?,29-/m0/s1. The molecular formula is C29H30ClFN4O5S. The molecule has 216 valence electrons. The van der Waals surface area contributed by atoms with Crippen LogP contribution >= 0.6 is 11.6 Å². The maximum atomic E-state index is 13.9. The van der Waals surface area contributed by atoms with Gasteiger partial charge in [-0.15, -0.1) is 0 Å². The third kappa shape index (κ3) is 6.38. The number of nitrogens with one attached hydrogen (secondary N) is 2. The summed E-state index contributed by atoms with van der Waals surface area (Å²) in [4.78, 5) is 28.4. The highest BCUT2D eigenvalue weighted by Crippen LogP contribution is 2.47. The maximum Gasteiger partial charge on any atom is 0.274 e. The van der Waals surface area contributed by atoms with Crippen molar-refractivity contribution in [3.05, 3.63) is 88.2 Å². The molecule has 1 aliphatic carbocycles. The first-order valence-electron chi connectivity index (χ1n) is 13.1. The zero-order chi connectivity index (χ0) is 29.4. The molecule has 5 rings (SSSR count). The monoisotopic (exact) mass is 600 g/mol. The Labute approximate surface area is 243 Å². The molecule has 1 aliphatic heterocycles. The molecule has 12 heteroatoms. The summed E-state index contributed by atoms with van der Waals surface area (Å²) in [6.07, 6.45) is 3.53. The third-order valence-electron chi connectivity index (χ3n) is 7.86. The Kier molecular flexibility index (Phi) is 8.06. The number of para-hydroxylation sites is 1. The Balaban J connectivity index is 1.39. The molecule has 9 nitrogen and oxygen atoms in total. The molecule has 41 heavy (non-hydrogen) atoms. The number of ether oxygens (including phenoxy) is 1. The molecule has 0 radical (unpaired) electrons. The van der Waals surface area contributed by atoms with Crippen LogP contribution in [0.25, 0.3) is 0 Å². The molecule has 2 aliphatic rings. The number of rotatable bonds is 6. The molecule has 1 spiro atoms. The largest absolute Gasteiger partial charge is 0.495 e. The van der Waals surface area contributed by atoms with Crippen molar-refractivity contribution in [2.45, 2.75) is 38.1 Å². The lowest BCUT2D eigenvalue weighted by Crippen LogP contribution is -2.39. The number of hydrogen-bond donors (Lipinski definition) is 3. The van der Waals surface area contributed by atoms with Gasteiger partial charge in [0.1, 0.15) is 11.6 Å². The fraction of sp³-hybridized carbons (Fsp3) is 0.310. The van der Waals surface area contributed by atoms with E-state index in [2.05, 4.69) is 10.0 Å². The summed E-state index contributed by atoms with van der Waals surface area (Å²) in [5, 5.41) is 7.99. The van der Waals surface area contributed by atoms with Crippen LogP contribution in [0.5, 0.6) is 5.75 Å². The fourth-order valence-corrected chi connectivity index (χ4v) is 6.84. The first-order valence-corrected chi connectivity index (χ1v) is 15.0. The van der Waals surface area contributed by atoms with Crippen LogP contribution in [0.4, 0.5) is 15.8 Å². The van der Waals surface area contributed by atoms with Crippen LogP contribution in [0.1, 0.15) is 52.0 Å². The van der Waals surface area contributed by atoms with Gasteiger partial charge in [0, 0.05) is 23.8 Å². The number of anilines is 2. The fourth-order valence-electron chi connectivity index (χ4n) is 5.97. The van der Waals surface area contributed by atoms with Crippen molar-refractivity contribution in [3.63, 3.8) is 0 Å². The average molecular weight is 601 g/mol. The minimum absolute atomic E-state index is 0.0302. The molecule has 1 saturated carbocycles. The minimum Gasteiger partial charge on any atom is -0.495 e. The SMILES string of the molecule is COc1cc(C(=O)N2CC[C@@]3(CCC(NS(N)(=O)=O)C3)Cc3ccccc32)ccc1NC(=O)c1cc(F)ccc1Cl. The Morgan fingerprint density at radius 2 is 1.90 bits per heavy atom. The molecule has 3 aromatic rings. The second-order valence-electron chi connectivity index (χ2n) is 10.6. The van der Waals surface area contributed by atoms with Crippen molar-refractivity contribution in [1.82, 2.24) is 4.72 Å². The molecule has 4 N–H and O–H groups in total. The van der Waals surface area contributed by atoms with Gasteiger partial charge >= 0.3 is 0 Å². The molecule has 1 heterocycles. The summed E-state index contributed by atoms with van der Waals surface area (Å²) in [5.74, 6) is -1.20. The molecule has 3 aromatic carbocycles. The van der Waals surface area contributed by atoms with E-state index in [0.717, 1.165) is 29.8 Å². The summed E-state index contributed by atoms with van der Waals surface area (Å²) in [6, 6.07) is 15.7. The van der Waals surface area contributed by atoms with Gasteiger partial charge in [0.15, 0.2) is 0 Å². The van der Waals surface area contributed by atoms with Crippen LogP contribution in [0.15, 0.2) is 60.7 Å². The number of fused-ring (bicyclic) bond motifs is 1. The van der Waals surface area contributed by atoms with Crippen molar-refractivity contribution in [2.75, 3.05) is 23.9 Å². The number of benzene rings is 3. The number of carbonyl (C=O) groups is 2.